The standard InChI is InChI=1S/C29H36N4O3/c1-19-8-4-5-9-22(19)18-30-14-15-33-25-17-29(3,36-23-10-6-7-11-23)20(2)16-21(25)12-13-24-26(33)31-28(35)32-27(24)34/h4-5,8-9,13,16,23,30H,6-7,10-12,14-15,17-18H2,1-3H3,(H,32,34,35). The van der Waals surface area contributed by atoms with Crippen molar-refractivity contribution in [2.75, 3.05) is 13.1 Å². The van der Waals surface area contributed by atoms with Crippen LogP contribution in [0.4, 0.5) is 4.79 Å². The van der Waals surface area contributed by atoms with Gasteiger partial charge in [0.25, 0.3) is 5.91 Å². The number of carbonyl (C=O) groups is 2. The first-order valence-electron chi connectivity index (χ1n) is 13.1. The molecule has 0 spiro atoms. The van der Waals surface area contributed by atoms with Gasteiger partial charge in [0.15, 0.2) is 5.84 Å². The Morgan fingerprint density at radius 1 is 1.19 bits per heavy atom. The number of allylic oxidation sites excluding steroid dienone is 3. The van der Waals surface area contributed by atoms with Gasteiger partial charge in [-0.05, 0) is 62.3 Å². The Morgan fingerprint density at radius 3 is 2.75 bits per heavy atom. The number of fused-ring (bicyclic) bond motifs is 1. The van der Waals surface area contributed by atoms with Crippen LogP contribution in [0.25, 0.3) is 0 Å². The zero-order chi connectivity index (χ0) is 25.3. The first-order chi connectivity index (χ1) is 17.3. The van der Waals surface area contributed by atoms with Crippen molar-refractivity contribution in [1.29, 1.82) is 0 Å². The highest BCUT2D eigenvalue weighted by atomic mass is 16.5. The summed E-state index contributed by atoms with van der Waals surface area (Å²) in [6, 6.07) is 7.73. The summed E-state index contributed by atoms with van der Waals surface area (Å²) in [6.45, 7) is 8.45. The number of amidine groups is 1. The third-order valence-electron chi connectivity index (χ3n) is 7.94. The third kappa shape index (κ3) is 4.95. The average Bonchev–Trinajstić information content (AvgIpc) is 3.29. The predicted molar refractivity (Wildman–Crippen MR) is 140 cm³/mol. The monoisotopic (exact) mass is 488 g/mol. The highest BCUT2D eigenvalue weighted by Gasteiger charge is 2.41. The Kier molecular flexibility index (Phi) is 6.95. The van der Waals surface area contributed by atoms with Gasteiger partial charge in [-0.25, -0.2) is 4.79 Å². The molecule has 5 rings (SSSR count). The molecular weight excluding hydrogens is 452 g/mol. The van der Waals surface area contributed by atoms with Crippen LogP contribution >= 0.6 is 0 Å². The lowest BCUT2D eigenvalue weighted by Crippen LogP contribution is -2.47. The molecule has 2 heterocycles. The fourth-order valence-corrected chi connectivity index (χ4v) is 5.67. The lowest BCUT2D eigenvalue weighted by molar-refractivity contribution is -0.116. The van der Waals surface area contributed by atoms with Gasteiger partial charge in [0.2, 0.25) is 0 Å². The molecule has 1 fully saturated rings. The van der Waals surface area contributed by atoms with Crippen LogP contribution in [0.1, 0.15) is 63.5 Å². The van der Waals surface area contributed by atoms with E-state index < -0.39 is 11.6 Å². The molecule has 7 heteroatoms. The van der Waals surface area contributed by atoms with Crippen LogP contribution in [0.2, 0.25) is 0 Å². The number of imide groups is 1. The Labute approximate surface area is 213 Å². The smallest absolute Gasteiger partial charge is 0.349 e. The van der Waals surface area contributed by atoms with E-state index in [0.29, 0.717) is 37.3 Å². The van der Waals surface area contributed by atoms with Crippen molar-refractivity contribution >= 4 is 17.8 Å². The number of urea groups is 1. The van der Waals surface area contributed by atoms with Gasteiger partial charge in [0.1, 0.15) is 0 Å². The molecule has 2 aliphatic heterocycles. The number of hydrogen-bond donors (Lipinski definition) is 2. The van der Waals surface area contributed by atoms with E-state index in [9.17, 15) is 9.59 Å². The van der Waals surface area contributed by atoms with Crippen LogP contribution in [-0.4, -0.2) is 47.5 Å². The maximum absolute atomic E-state index is 12.7. The number of aliphatic imine (C=N–C) groups is 1. The summed E-state index contributed by atoms with van der Waals surface area (Å²) in [5, 5.41) is 5.88. The quantitative estimate of drug-likeness (QED) is 0.544. The number of benzene rings is 1. The van der Waals surface area contributed by atoms with Crippen molar-refractivity contribution in [3.05, 3.63) is 70.0 Å². The van der Waals surface area contributed by atoms with E-state index in [-0.39, 0.29) is 12.0 Å². The highest BCUT2D eigenvalue weighted by molar-refractivity contribution is 6.29. The van der Waals surface area contributed by atoms with Crippen LogP contribution in [0.3, 0.4) is 0 Å². The molecule has 0 aromatic heterocycles. The molecule has 0 radical (unpaired) electrons. The topological polar surface area (TPSA) is 83.0 Å². The van der Waals surface area contributed by atoms with Gasteiger partial charge in [-0.3, -0.25) is 10.1 Å². The second-order valence-electron chi connectivity index (χ2n) is 10.5. The van der Waals surface area contributed by atoms with Gasteiger partial charge in [-0.15, -0.1) is 0 Å². The van der Waals surface area contributed by atoms with E-state index in [1.165, 1.54) is 29.5 Å². The van der Waals surface area contributed by atoms with E-state index in [0.717, 1.165) is 30.7 Å². The maximum Gasteiger partial charge on any atom is 0.349 e. The van der Waals surface area contributed by atoms with Crippen molar-refractivity contribution in [3.8, 4) is 0 Å². The summed E-state index contributed by atoms with van der Waals surface area (Å²) in [5.41, 5.74) is 6.00. The molecule has 36 heavy (non-hydrogen) atoms. The second-order valence-corrected chi connectivity index (χ2v) is 10.5. The number of rotatable bonds is 7. The SMILES string of the molecule is CC1=CC2=C(CC1(C)OC1CCCC1)N(CCNCc1ccccc1C)C1=NC(=O)NC(=O)C1=CC2. The van der Waals surface area contributed by atoms with Crippen LogP contribution in [0, 0.1) is 6.92 Å². The van der Waals surface area contributed by atoms with Crippen molar-refractivity contribution in [3.63, 3.8) is 0 Å². The van der Waals surface area contributed by atoms with E-state index in [1.54, 1.807) is 0 Å². The molecule has 1 aromatic rings. The zero-order valence-corrected chi connectivity index (χ0v) is 21.5. The highest BCUT2D eigenvalue weighted by Crippen LogP contribution is 2.42. The van der Waals surface area contributed by atoms with Gasteiger partial charge >= 0.3 is 6.03 Å². The minimum Gasteiger partial charge on any atom is -0.367 e. The predicted octanol–water partition coefficient (Wildman–Crippen LogP) is 4.69. The summed E-state index contributed by atoms with van der Waals surface area (Å²) in [5.74, 6) is 0.0657. The summed E-state index contributed by atoms with van der Waals surface area (Å²) in [6.07, 6.45) is 10.4. The Hall–Kier alpha value is -3.03. The Bertz CT molecular complexity index is 1190. The van der Waals surface area contributed by atoms with E-state index in [4.69, 9.17) is 4.74 Å². The molecule has 7 nitrogen and oxygen atoms in total. The molecule has 1 atom stereocenters. The maximum atomic E-state index is 12.7. The molecule has 1 saturated carbocycles. The Balaban J connectivity index is 1.41. The van der Waals surface area contributed by atoms with Crippen LogP contribution < -0.4 is 10.6 Å². The van der Waals surface area contributed by atoms with Gasteiger partial charge in [0, 0.05) is 31.8 Å². The van der Waals surface area contributed by atoms with Crippen molar-refractivity contribution in [1.82, 2.24) is 15.5 Å². The largest absolute Gasteiger partial charge is 0.367 e. The summed E-state index contributed by atoms with van der Waals surface area (Å²) in [7, 11) is 0. The van der Waals surface area contributed by atoms with Gasteiger partial charge in [0.05, 0.1) is 17.3 Å². The van der Waals surface area contributed by atoms with Crippen LogP contribution in [0.15, 0.2) is 63.8 Å². The first kappa shape index (κ1) is 24.7. The number of nitrogens with one attached hydrogen (secondary N) is 2. The minimum atomic E-state index is -0.610. The van der Waals surface area contributed by atoms with Crippen LogP contribution in [0.5, 0.6) is 0 Å². The van der Waals surface area contributed by atoms with Gasteiger partial charge in [-0.1, -0.05) is 49.3 Å². The minimum absolute atomic E-state index is 0.281. The molecular formula is C29H36N4O3. The summed E-state index contributed by atoms with van der Waals surface area (Å²) in [4.78, 5) is 31.4. The van der Waals surface area contributed by atoms with Crippen LogP contribution in [-0.2, 0) is 16.1 Å². The molecule has 1 unspecified atom stereocenters. The molecule has 4 aliphatic rings. The van der Waals surface area contributed by atoms with E-state index in [2.05, 4.69) is 65.6 Å². The number of amides is 3. The molecule has 190 valence electrons. The van der Waals surface area contributed by atoms with Crippen molar-refractivity contribution < 1.29 is 14.3 Å². The number of ether oxygens (including phenoxy) is 1. The fourth-order valence-electron chi connectivity index (χ4n) is 5.67. The molecule has 2 N–H and O–H groups in total. The lowest BCUT2D eigenvalue weighted by Gasteiger charge is -2.41. The number of nitrogens with zero attached hydrogens (tertiary/aromatic N) is 2. The molecule has 1 aromatic carbocycles. The number of hydrogen-bond acceptors (Lipinski definition) is 5. The fraction of sp³-hybridized carbons (Fsp3) is 0.483. The molecule has 3 amide bonds. The summed E-state index contributed by atoms with van der Waals surface area (Å²) >= 11 is 0. The van der Waals surface area contributed by atoms with E-state index in [1.807, 2.05) is 12.1 Å². The van der Waals surface area contributed by atoms with Gasteiger partial charge in [-0.2, -0.15) is 4.99 Å². The summed E-state index contributed by atoms with van der Waals surface area (Å²) < 4.78 is 6.72. The second kappa shape index (κ2) is 10.1. The number of aryl methyl sites for hydroxylation is 1. The normalized spacial score (nSPS) is 24.5. The third-order valence-corrected chi connectivity index (χ3v) is 7.94. The first-order valence-corrected chi connectivity index (χ1v) is 13.1. The lowest BCUT2D eigenvalue weighted by atomic mass is 9.82. The number of carbonyl (C=O) groups excluding carboxylic acids is 2. The van der Waals surface area contributed by atoms with Crippen molar-refractivity contribution in [2.45, 2.75) is 77.5 Å². The molecule has 0 bridgehead atoms. The zero-order valence-electron chi connectivity index (χ0n) is 21.5. The van der Waals surface area contributed by atoms with E-state index >= 15 is 0 Å². The van der Waals surface area contributed by atoms with Gasteiger partial charge < -0.3 is 15.0 Å². The molecule has 2 aliphatic carbocycles. The molecule has 0 saturated heterocycles. The average molecular weight is 489 g/mol. The van der Waals surface area contributed by atoms with Crippen molar-refractivity contribution in [2.24, 2.45) is 4.99 Å². The Morgan fingerprint density at radius 2 is 1.97 bits per heavy atom.